The number of benzene rings is 2. The topological polar surface area (TPSA) is 90.0 Å². The third-order valence-electron chi connectivity index (χ3n) is 4.70. The minimum absolute atomic E-state index is 0.0119. The van der Waals surface area contributed by atoms with Crippen LogP contribution in [0.4, 0.5) is 5.69 Å². The van der Waals surface area contributed by atoms with Crippen molar-refractivity contribution in [3.8, 4) is 5.75 Å². The first kappa shape index (κ1) is 21.7. The third-order valence-corrected chi connectivity index (χ3v) is 6.60. The number of nitrogens with zero attached hydrogens (tertiary/aromatic N) is 1. The molecule has 164 valence electrons. The molecular weight excluding hydrogens is 454 g/mol. The molecule has 32 heavy (non-hydrogen) atoms. The summed E-state index contributed by atoms with van der Waals surface area (Å²) in [5.41, 5.74) is 0.561. The number of amides is 1. The monoisotopic (exact) mass is 471 g/mol. The van der Waals surface area contributed by atoms with Gasteiger partial charge in [-0.2, -0.15) is 0 Å². The van der Waals surface area contributed by atoms with Gasteiger partial charge in [-0.15, -0.1) is 0 Å². The molecule has 2 aromatic carbocycles. The van der Waals surface area contributed by atoms with E-state index < -0.39 is 15.7 Å². The van der Waals surface area contributed by atoms with Gasteiger partial charge in [0.2, 0.25) is 14.9 Å². The van der Waals surface area contributed by atoms with Crippen LogP contribution in [-0.2, 0) is 16.4 Å². The van der Waals surface area contributed by atoms with Crippen LogP contribution in [0.1, 0.15) is 16.3 Å². The Bertz CT molecular complexity index is 1310. The molecule has 0 aliphatic rings. The number of hydrogen-bond acceptors (Lipinski definition) is 6. The number of ether oxygens (including phenoxy) is 1. The smallest absolute Gasteiger partial charge is 0.294 e. The summed E-state index contributed by atoms with van der Waals surface area (Å²) in [4.78, 5) is 14.7. The molecule has 0 N–H and O–H groups in total. The molecule has 0 atom stereocenters. The van der Waals surface area contributed by atoms with E-state index in [2.05, 4.69) is 0 Å². The van der Waals surface area contributed by atoms with Crippen molar-refractivity contribution >= 4 is 33.0 Å². The summed E-state index contributed by atoms with van der Waals surface area (Å²) >= 11 is 5.84. The van der Waals surface area contributed by atoms with E-state index in [1.807, 2.05) is 0 Å². The van der Waals surface area contributed by atoms with E-state index >= 15 is 0 Å². The van der Waals surface area contributed by atoms with Crippen molar-refractivity contribution in [1.82, 2.24) is 0 Å². The second-order valence-corrected chi connectivity index (χ2v) is 9.06. The van der Waals surface area contributed by atoms with Crippen LogP contribution in [-0.4, -0.2) is 21.4 Å². The number of anilines is 1. The maximum atomic E-state index is 13.3. The Balaban J connectivity index is 1.66. The Hall–Kier alpha value is -3.49. The quantitative estimate of drug-likeness (QED) is 0.367. The van der Waals surface area contributed by atoms with Crippen LogP contribution in [0.15, 0.2) is 97.9 Å². The molecule has 0 aliphatic carbocycles. The SMILES string of the molecule is COc1ccc(N(Cc2ccco2)C(=O)c2ccc(S(=O)(=O)c3ccc(Cl)cc3)o2)cc1. The van der Waals surface area contributed by atoms with Gasteiger partial charge in [0.15, 0.2) is 5.76 Å². The molecule has 0 fully saturated rings. The number of methoxy groups -OCH3 is 1. The number of halogens is 1. The second kappa shape index (κ2) is 8.94. The lowest BCUT2D eigenvalue weighted by Gasteiger charge is -2.21. The van der Waals surface area contributed by atoms with Gasteiger partial charge < -0.3 is 13.6 Å². The van der Waals surface area contributed by atoms with Crippen LogP contribution in [0.5, 0.6) is 5.75 Å². The number of carbonyl (C=O) groups excluding carboxylic acids is 1. The number of hydrogen-bond donors (Lipinski definition) is 0. The van der Waals surface area contributed by atoms with Crippen molar-refractivity contribution in [2.45, 2.75) is 16.5 Å². The molecule has 4 aromatic rings. The highest BCUT2D eigenvalue weighted by Crippen LogP contribution is 2.27. The first-order chi connectivity index (χ1) is 15.4. The van der Waals surface area contributed by atoms with Crippen molar-refractivity contribution in [2.75, 3.05) is 12.0 Å². The zero-order chi connectivity index (χ0) is 22.7. The van der Waals surface area contributed by atoms with E-state index in [-0.39, 0.29) is 22.3 Å². The molecule has 0 spiro atoms. The van der Waals surface area contributed by atoms with Crippen molar-refractivity contribution in [1.29, 1.82) is 0 Å². The van der Waals surface area contributed by atoms with Gasteiger partial charge >= 0.3 is 0 Å². The lowest BCUT2D eigenvalue weighted by molar-refractivity contribution is 0.0951. The van der Waals surface area contributed by atoms with Gasteiger partial charge in [-0.25, -0.2) is 8.42 Å². The highest BCUT2D eigenvalue weighted by atomic mass is 35.5. The molecule has 2 aromatic heterocycles. The first-order valence-electron chi connectivity index (χ1n) is 9.47. The molecule has 2 heterocycles. The summed E-state index contributed by atoms with van der Waals surface area (Å²) in [6.07, 6.45) is 1.51. The summed E-state index contributed by atoms with van der Waals surface area (Å²) in [7, 11) is -2.40. The van der Waals surface area contributed by atoms with E-state index in [4.69, 9.17) is 25.2 Å². The number of carbonyl (C=O) groups is 1. The maximum Gasteiger partial charge on any atom is 0.294 e. The van der Waals surface area contributed by atoms with Gasteiger partial charge in [0.1, 0.15) is 11.5 Å². The molecule has 7 nitrogen and oxygen atoms in total. The molecule has 1 amide bonds. The fourth-order valence-electron chi connectivity index (χ4n) is 3.04. The minimum atomic E-state index is -3.95. The van der Waals surface area contributed by atoms with Crippen molar-refractivity contribution in [2.24, 2.45) is 0 Å². The average molecular weight is 472 g/mol. The van der Waals surface area contributed by atoms with Crippen LogP contribution in [0.3, 0.4) is 0 Å². The minimum Gasteiger partial charge on any atom is -0.497 e. The van der Waals surface area contributed by atoms with E-state index in [1.165, 1.54) is 47.6 Å². The Morgan fingerprint density at radius 2 is 1.72 bits per heavy atom. The first-order valence-corrected chi connectivity index (χ1v) is 11.3. The Labute approximate surface area is 189 Å². The van der Waals surface area contributed by atoms with Crippen molar-refractivity contribution < 1.29 is 26.8 Å². The number of sulfone groups is 1. The average Bonchev–Trinajstić information content (AvgIpc) is 3.50. The number of rotatable bonds is 7. The second-order valence-electron chi connectivity index (χ2n) is 6.74. The fourth-order valence-corrected chi connectivity index (χ4v) is 4.34. The molecule has 0 radical (unpaired) electrons. The van der Waals surface area contributed by atoms with E-state index in [9.17, 15) is 13.2 Å². The van der Waals surface area contributed by atoms with E-state index in [0.29, 0.717) is 22.2 Å². The van der Waals surface area contributed by atoms with E-state index in [0.717, 1.165) is 0 Å². The summed E-state index contributed by atoms with van der Waals surface area (Å²) in [6, 6.07) is 18.6. The van der Waals surface area contributed by atoms with Gasteiger partial charge in [0, 0.05) is 10.7 Å². The maximum absolute atomic E-state index is 13.3. The Morgan fingerprint density at radius 3 is 2.34 bits per heavy atom. The van der Waals surface area contributed by atoms with Gasteiger partial charge in [-0.3, -0.25) is 9.69 Å². The predicted octanol–water partition coefficient (Wildman–Crippen LogP) is 5.21. The highest BCUT2D eigenvalue weighted by molar-refractivity contribution is 7.91. The fraction of sp³-hybridized carbons (Fsp3) is 0.0870. The molecule has 9 heteroatoms. The summed E-state index contributed by atoms with van der Waals surface area (Å²) in [5, 5.41) is 0.0724. The lowest BCUT2D eigenvalue weighted by atomic mass is 10.2. The largest absolute Gasteiger partial charge is 0.497 e. The van der Waals surface area contributed by atoms with Gasteiger partial charge in [0.05, 0.1) is 24.8 Å². The zero-order valence-corrected chi connectivity index (χ0v) is 18.5. The van der Waals surface area contributed by atoms with Crippen LogP contribution < -0.4 is 9.64 Å². The van der Waals surface area contributed by atoms with Crippen LogP contribution in [0, 0.1) is 0 Å². The molecule has 4 rings (SSSR count). The third kappa shape index (κ3) is 4.42. The standard InChI is InChI=1S/C23H18ClNO6S/c1-29-18-8-6-17(7-9-18)25(15-19-3-2-14-30-19)23(26)21-12-13-22(31-21)32(27,28)20-10-4-16(24)5-11-20/h2-14H,15H2,1H3. The summed E-state index contributed by atoms with van der Waals surface area (Å²) in [6.45, 7) is 0.123. The Morgan fingerprint density at radius 1 is 1.00 bits per heavy atom. The van der Waals surface area contributed by atoms with E-state index in [1.54, 1.807) is 43.5 Å². The normalized spacial score (nSPS) is 11.3. The number of furan rings is 2. The predicted molar refractivity (Wildman–Crippen MR) is 118 cm³/mol. The van der Waals surface area contributed by atoms with Crippen molar-refractivity contribution in [3.63, 3.8) is 0 Å². The van der Waals surface area contributed by atoms with Crippen LogP contribution in [0.25, 0.3) is 0 Å². The summed E-state index contributed by atoms with van der Waals surface area (Å²) in [5.74, 6) is 0.534. The molecule has 0 saturated heterocycles. The molecule has 0 aliphatic heterocycles. The Kier molecular flexibility index (Phi) is 6.07. The zero-order valence-electron chi connectivity index (χ0n) is 16.9. The van der Waals surface area contributed by atoms with Crippen molar-refractivity contribution in [3.05, 3.63) is 95.6 Å². The van der Waals surface area contributed by atoms with Gasteiger partial charge in [-0.1, -0.05) is 11.6 Å². The molecule has 0 saturated carbocycles. The molecule has 0 unspecified atom stereocenters. The van der Waals surface area contributed by atoms with Crippen LogP contribution >= 0.6 is 11.6 Å². The lowest BCUT2D eigenvalue weighted by Crippen LogP contribution is -2.30. The van der Waals surface area contributed by atoms with Gasteiger partial charge in [0.25, 0.3) is 5.91 Å². The van der Waals surface area contributed by atoms with Gasteiger partial charge in [-0.05, 0) is 72.8 Å². The van der Waals surface area contributed by atoms with Crippen LogP contribution in [0.2, 0.25) is 5.02 Å². The molecule has 0 bridgehead atoms. The highest BCUT2D eigenvalue weighted by Gasteiger charge is 2.27. The summed E-state index contributed by atoms with van der Waals surface area (Å²) < 4.78 is 41.8. The molecular formula is C23H18ClNO6S.